The monoisotopic (exact) mass is 297 g/mol. The van der Waals surface area contributed by atoms with Gasteiger partial charge in [-0.25, -0.2) is 4.98 Å². The predicted molar refractivity (Wildman–Crippen MR) is 83.9 cm³/mol. The summed E-state index contributed by atoms with van der Waals surface area (Å²) in [7, 11) is 0. The van der Waals surface area contributed by atoms with Crippen LogP contribution in [0.1, 0.15) is 49.4 Å². The standard InChI is InChI=1S/C15H27N3OS/c1-10(2)7-12-14(8-16)20-15(17-12)13-9-18(11(3)4)5-6-19-13/h10-11,13H,5-9,16H2,1-4H3. The summed E-state index contributed by atoms with van der Waals surface area (Å²) < 4.78 is 5.93. The number of morpholine rings is 1. The van der Waals surface area contributed by atoms with Crippen LogP contribution in [-0.4, -0.2) is 35.6 Å². The largest absolute Gasteiger partial charge is 0.368 e. The lowest BCUT2D eigenvalue weighted by Gasteiger charge is -2.34. The fourth-order valence-corrected chi connectivity index (χ4v) is 3.55. The molecule has 1 aliphatic heterocycles. The molecule has 0 saturated carbocycles. The average molecular weight is 297 g/mol. The van der Waals surface area contributed by atoms with Crippen molar-refractivity contribution in [1.82, 2.24) is 9.88 Å². The fraction of sp³-hybridized carbons (Fsp3) is 0.800. The van der Waals surface area contributed by atoms with Crippen molar-refractivity contribution in [3.05, 3.63) is 15.6 Å². The van der Waals surface area contributed by atoms with E-state index in [-0.39, 0.29) is 6.10 Å². The summed E-state index contributed by atoms with van der Waals surface area (Å²) in [6.07, 6.45) is 1.12. The van der Waals surface area contributed by atoms with Crippen LogP contribution >= 0.6 is 11.3 Å². The maximum Gasteiger partial charge on any atom is 0.123 e. The third-order valence-electron chi connectivity index (χ3n) is 3.69. The summed E-state index contributed by atoms with van der Waals surface area (Å²) in [6.45, 7) is 12.2. The molecule has 1 saturated heterocycles. The van der Waals surface area contributed by atoms with Gasteiger partial charge in [0.05, 0.1) is 12.3 Å². The molecule has 1 aliphatic rings. The number of nitrogens with zero attached hydrogens (tertiary/aromatic N) is 2. The van der Waals surface area contributed by atoms with Crippen molar-refractivity contribution in [1.29, 1.82) is 0 Å². The Balaban J connectivity index is 2.13. The van der Waals surface area contributed by atoms with Gasteiger partial charge in [0.1, 0.15) is 11.1 Å². The van der Waals surface area contributed by atoms with E-state index in [4.69, 9.17) is 15.5 Å². The molecule has 1 aromatic heterocycles. The molecule has 1 aromatic rings. The Morgan fingerprint density at radius 1 is 1.40 bits per heavy atom. The third kappa shape index (κ3) is 3.79. The van der Waals surface area contributed by atoms with Crippen LogP contribution in [0.2, 0.25) is 0 Å². The maximum atomic E-state index is 5.93. The summed E-state index contributed by atoms with van der Waals surface area (Å²) in [4.78, 5) is 8.50. The Labute approximate surface area is 126 Å². The highest BCUT2D eigenvalue weighted by molar-refractivity contribution is 7.11. The zero-order valence-electron chi connectivity index (χ0n) is 13.1. The maximum absolute atomic E-state index is 5.93. The molecule has 0 radical (unpaired) electrons. The summed E-state index contributed by atoms with van der Waals surface area (Å²) in [5.74, 6) is 0.606. The van der Waals surface area contributed by atoms with Crippen molar-refractivity contribution in [3.8, 4) is 0 Å². The van der Waals surface area contributed by atoms with E-state index in [9.17, 15) is 0 Å². The van der Waals surface area contributed by atoms with E-state index in [0.717, 1.165) is 31.1 Å². The third-order valence-corrected chi connectivity index (χ3v) is 4.90. The van der Waals surface area contributed by atoms with Crippen molar-refractivity contribution in [2.75, 3.05) is 19.7 Å². The second-order valence-electron chi connectivity index (χ2n) is 6.17. The predicted octanol–water partition coefficient (Wildman–Crippen LogP) is 2.58. The molecule has 0 aromatic carbocycles. The van der Waals surface area contributed by atoms with E-state index in [0.29, 0.717) is 18.5 Å². The first kappa shape index (κ1) is 15.9. The zero-order chi connectivity index (χ0) is 14.7. The quantitative estimate of drug-likeness (QED) is 0.907. The molecule has 0 amide bonds. The highest BCUT2D eigenvalue weighted by Crippen LogP contribution is 2.30. The number of ether oxygens (including phenoxy) is 1. The Morgan fingerprint density at radius 2 is 2.15 bits per heavy atom. The van der Waals surface area contributed by atoms with E-state index in [1.807, 2.05) is 0 Å². The summed E-state index contributed by atoms with van der Waals surface area (Å²) in [6, 6.07) is 0.561. The van der Waals surface area contributed by atoms with Gasteiger partial charge in [-0.1, -0.05) is 13.8 Å². The second-order valence-corrected chi connectivity index (χ2v) is 7.29. The van der Waals surface area contributed by atoms with Crippen LogP contribution in [0.15, 0.2) is 0 Å². The Morgan fingerprint density at radius 3 is 2.75 bits per heavy atom. The fourth-order valence-electron chi connectivity index (χ4n) is 2.53. The van der Waals surface area contributed by atoms with Gasteiger partial charge < -0.3 is 10.5 Å². The SMILES string of the molecule is CC(C)Cc1nc(C2CN(C(C)C)CCO2)sc1CN. The number of hydrogen-bond acceptors (Lipinski definition) is 5. The Bertz CT molecular complexity index is 431. The highest BCUT2D eigenvalue weighted by atomic mass is 32.1. The van der Waals surface area contributed by atoms with Gasteiger partial charge in [-0.2, -0.15) is 0 Å². The summed E-state index contributed by atoms with van der Waals surface area (Å²) in [5.41, 5.74) is 7.04. The molecule has 2 heterocycles. The minimum Gasteiger partial charge on any atom is -0.368 e. The molecule has 20 heavy (non-hydrogen) atoms. The Kier molecular flexibility index (Phi) is 5.55. The molecular weight excluding hydrogens is 270 g/mol. The van der Waals surface area contributed by atoms with Gasteiger partial charge in [-0.3, -0.25) is 4.90 Å². The van der Waals surface area contributed by atoms with Gasteiger partial charge in [0, 0.05) is 30.6 Å². The van der Waals surface area contributed by atoms with Crippen LogP contribution in [-0.2, 0) is 17.7 Å². The van der Waals surface area contributed by atoms with Crippen molar-refractivity contribution >= 4 is 11.3 Å². The van der Waals surface area contributed by atoms with Crippen LogP contribution in [0.4, 0.5) is 0 Å². The number of rotatable bonds is 5. The number of aromatic nitrogens is 1. The minimum absolute atomic E-state index is 0.113. The van der Waals surface area contributed by atoms with Crippen molar-refractivity contribution in [2.45, 2.75) is 52.8 Å². The number of thiazole rings is 1. The molecule has 1 unspecified atom stereocenters. The van der Waals surface area contributed by atoms with E-state index in [1.165, 1.54) is 10.6 Å². The molecule has 5 heteroatoms. The number of hydrogen-bond donors (Lipinski definition) is 1. The molecule has 0 bridgehead atoms. The van der Waals surface area contributed by atoms with E-state index in [2.05, 4.69) is 32.6 Å². The van der Waals surface area contributed by atoms with E-state index < -0.39 is 0 Å². The van der Waals surface area contributed by atoms with Crippen molar-refractivity contribution in [2.24, 2.45) is 11.7 Å². The summed E-state index contributed by atoms with van der Waals surface area (Å²) in [5, 5.41) is 1.10. The lowest BCUT2D eigenvalue weighted by Crippen LogP contribution is -2.42. The first-order chi connectivity index (χ1) is 9.51. The van der Waals surface area contributed by atoms with Gasteiger partial charge in [0.25, 0.3) is 0 Å². The molecular formula is C15H27N3OS. The first-order valence-corrected chi connectivity index (χ1v) is 8.37. The smallest absolute Gasteiger partial charge is 0.123 e. The van der Waals surface area contributed by atoms with Gasteiger partial charge in [0.15, 0.2) is 0 Å². The van der Waals surface area contributed by atoms with Crippen LogP contribution < -0.4 is 5.73 Å². The van der Waals surface area contributed by atoms with Crippen LogP contribution in [0.5, 0.6) is 0 Å². The van der Waals surface area contributed by atoms with Gasteiger partial charge in [-0.05, 0) is 26.2 Å². The van der Waals surface area contributed by atoms with Crippen LogP contribution in [0.25, 0.3) is 0 Å². The van der Waals surface area contributed by atoms with Crippen molar-refractivity contribution < 1.29 is 4.74 Å². The van der Waals surface area contributed by atoms with E-state index in [1.54, 1.807) is 11.3 Å². The molecule has 2 N–H and O–H groups in total. The Hall–Kier alpha value is -0.490. The second kappa shape index (κ2) is 6.98. The normalized spacial score (nSPS) is 21.1. The molecule has 2 rings (SSSR count). The molecule has 0 aliphatic carbocycles. The van der Waals surface area contributed by atoms with Crippen molar-refractivity contribution in [3.63, 3.8) is 0 Å². The first-order valence-electron chi connectivity index (χ1n) is 7.55. The summed E-state index contributed by atoms with van der Waals surface area (Å²) >= 11 is 1.73. The number of nitrogens with two attached hydrogens (primary N) is 1. The van der Waals surface area contributed by atoms with Gasteiger partial charge >= 0.3 is 0 Å². The lowest BCUT2D eigenvalue weighted by atomic mass is 10.1. The van der Waals surface area contributed by atoms with E-state index >= 15 is 0 Å². The molecule has 4 nitrogen and oxygen atoms in total. The average Bonchev–Trinajstić information content (AvgIpc) is 2.81. The zero-order valence-corrected chi connectivity index (χ0v) is 13.9. The van der Waals surface area contributed by atoms with Crippen LogP contribution in [0.3, 0.4) is 0 Å². The lowest BCUT2D eigenvalue weighted by molar-refractivity contribution is -0.0403. The minimum atomic E-state index is 0.113. The molecule has 0 spiro atoms. The molecule has 1 fully saturated rings. The van der Waals surface area contributed by atoms with Crippen LogP contribution in [0, 0.1) is 5.92 Å². The molecule has 1 atom stereocenters. The highest BCUT2D eigenvalue weighted by Gasteiger charge is 2.27. The molecule has 114 valence electrons. The van der Waals surface area contributed by atoms with Gasteiger partial charge in [0.2, 0.25) is 0 Å². The van der Waals surface area contributed by atoms with Gasteiger partial charge in [-0.15, -0.1) is 11.3 Å². The topological polar surface area (TPSA) is 51.4 Å².